The predicted molar refractivity (Wildman–Crippen MR) is 135 cm³/mol. The van der Waals surface area contributed by atoms with Gasteiger partial charge >= 0.3 is 0 Å². The van der Waals surface area contributed by atoms with Gasteiger partial charge in [0.2, 0.25) is 0 Å². The number of benzene rings is 3. The van der Waals surface area contributed by atoms with Crippen molar-refractivity contribution in [3.8, 4) is 6.07 Å². The highest BCUT2D eigenvalue weighted by atomic mass is 15.2. The lowest BCUT2D eigenvalue weighted by atomic mass is 9.90. The van der Waals surface area contributed by atoms with Crippen LogP contribution in [-0.4, -0.2) is 10.9 Å². The van der Waals surface area contributed by atoms with Gasteiger partial charge in [-0.1, -0.05) is 56.3 Å². The SMILES string of the molecule is CCC1C=CN(c2cccc(CN3Cc4ccc(C#N)cc4CC3CC)c2)c2ccccc21. The number of nitriles is 1. The molecule has 2 atom stereocenters. The van der Waals surface area contributed by atoms with Gasteiger partial charge in [0.05, 0.1) is 11.6 Å². The Kier molecular flexibility index (Phi) is 6.03. The summed E-state index contributed by atoms with van der Waals surface area (Å²) in [7, 11) is 0. The lowest BCUT2D eigenvalue weighted by Crippen LogP contribution is -2.39. The van der Waals surface area contributed by atoms with E-state index in [0.29, 0.717) is 12.0 Å². The smallest absolute Gasteiger partial charge is 0.0991 e. The fraction of sp³-hybridized carbons (Fsp3) is 0.300. The van der Waals surface area contributed by atoms with Crippen molar-refractivity contribution < 1.29 is 0 Å². The predicted octanol–water partition coefficient (Wildman–Crippen LogP) is 7.05. The molecule has 0 spiro atoms. The van der Waals surface area contributed by atoms with E-state index in [1.54, 1.807) is 0 Å². The zero-order chi connectivity index (χ0) is 22.8. The maximum absolute atomic E-state index is 9.26. The fourth-order valence-corrected chi connectivity index (χ4v) is 5.37. The van der Waals surface area contributed by atoms with Gasteiger partial charge < -0.3 is 4.90 Å². The number of anilines is 2. The van der Waals surface area contributed by atoms with E-state index in [4.69, 9.17) is 0 Å². The Morgan fingerprint density at radius 1 is 0.939 bits per heavy atom. The van der Waals surface area contributed by atoms with E-state index in [9.17, 15) is 5.26 Å². The Hall–Kier alpha value is -3.35. The Balaban J connectivity index is 1.40. The Morgan fingerprint density at radius 2 is 1.82 bits per heavy atom. The number of fused-ring (bicyclic) bond motifs is 2. The molecule has 3 heteroatoms. The number of rotatable bonds is 5. The number of para-hydroxylation sites is 1. The van der Waals surface area contributed by atoms with Crippen LogP contribution in [0.1, 0.15) is 60.4 Å². The van der Waals surface area contributed by atoms with Crippen molar-refractivity contribution in [3.63, 3.8) is 0 Å². The Labute approximate surface area is 197 Å². The summed E-state index contributed by atoms with van der Waals surface area (Å²) in [5, 5.41) is 9.26. The van der Waals surface area contributed by atoms with Crippen LogP contribution in [0.4, 0.5) is 11.4 Å². The normalized spacial score (nSPS) is 19.6. The molecule has 2 unspecified atom stereocenters. The summed E-state index contributed by atoms with van der Waals surface area (Å²) in [4.78, 5) is 4.93. The van der Waals surface area contributed by atoms with Crippen LogP contribution in [0.15, 0.2) is 79.0 Å². The third-order valence-electron chi connectivity index (χ3n) is 7.23. The van der Waals surface area contributed by atoms with Gasteiger partial charge in [0.25, 0.3) is 0 Å². The van der Waals surface area contributed by atoms with Gasteiger partial charge in [-0.3, -0.25) is 4.90 Å². The topological polar surface area (TPSA) is 30.3 Å². The van der Waals surface area contributed by atoms with Crippen molar-refractivity contribution in [1.29, 1.82) is 5.26 Å². The molecule has 0 saturated carbocycles. The van der Waals surface area contributed by atoms with Crippen molar-refractivity contribution in [2.24, 2.45) is 0 Å². The van der Waals surface area contributed by atoms with Gasteiger partial charge in [-0.25, -0.2) is 0 Å². The maximum atomic E-state index is 9.26. The molecule has 2 aliphatic rings. The van der Waals surface area contributed by atoms with E-state index in [0.717, 1.165) is 37.9 Å². The summed E-state index contributed by atoms with van der Waals surface area (Å²) in [6, 6.07) is 26.7. The molecule has 0 saturated heterocycles. The van der Waals surface area contributed by atoms with E-state index in [2.05, 4.69) is 103 Å². The largest absolute Gasteiger partial charge is 0.317 e. The van der Waals surface area contributed by atoms with Crippen LogP contribution < -0.4 is 4.90 Å². The van der Waals surface area contributed by atoms with Crippen LogP contribution in [0, 0.1) is 11.3 Å². The molecule has 2 aliphatic heterocycles. The molecular weight excluding hydrogens is 402 g/mol. The number of allylic oxidation sites excluding steroid dienone is 1. The molecule has 0 aromatic heterocycles. The molecule has 0 bridgehead atoms. The molecule has 166 valence electrons. The molecule has 0 N–H and O–H groups in total. The Bertz CT molecular complexity index is 1220. The first-order valence-electron chi connectivity index (χ1n) is 12.1. The van der Waals surface area contributed by atoms with Gasteiger partial charge in [0.1, 0.15) is 0 Å². The van der Waals surface area contributed by atoms with Crippen LogP contribution in [0.3, 0.4) is 0 Å². The number of hydrogen-bond acceptors (Lipinski definition) is 3. The van der Waals surface area contributed by atoms with Crippen LogP contribution in [0.5, 0.6) is 0 Å². The fourth-order valence-electron chi connectivity index (χ4n) is 5.37. The Morgan fingerprint density at radius 3 is 2.64 bits per heavy atom. The first kappa shape index (κ1) is 21.5. The molecule has 0 aliphatic carbocycles. The average molecular weight is 434 g/mol. The second kappa shape index (κ2) is 9.25. The van der Waals surface area contributed by atoms with E-state index in [1.807, 2.05) is 6.07 Å². The first-order chi connectivity index (χ1) is 16.2. The van der Waals surface area contributed by atoms with Crippen LogP contribution in [0.2, 0.25) is 0 Å². The third kappa shape index (κ3) is 4.19. The van der Waals surface area contributed by atoms with Gasteiger partial charge in [0, 0.05) is 42.6 Å². The van der Waals surface area contributed by atoms with Crippen LogP contribution >= 0.6 is 0 Å². The second-order valence-electron chi connectivity index (χ2n) is 9.22. The van der Waals surface area contributed by atoms with Gasteiger partial charge in [-0.05, 0) is 71.8 Å². The van der Waals surface area contributed by atoms with Crippen molar-refractivity contribution in [3.05, 3.63) is 107 Å². The molecule has 0 radical (unpaired) electrons. The minimum absolute atomic E-state index is 0.487. The molecule has 3 aromatic rings. The van der Waals surface area contributed by atoms with Crippen molar-refractivity contribution in [1.82, 2.24) is 4.90 Å². The zero-order valence-electron chi connectivity index (χ0n) is 19.5. The van der Waals surface area contributed by atoms with Gasteiger partial charge in [0.15, 0.2) is 0 Å². The molecular formula is C30H31N3. The van der Waals surface area contributed by atoms with E-state index < -0.39 is 0 Å². The summed E-state index contributed by atoms with van der Waals surface area (Å²) >= 11 is 0. The minimum Gasteiger partial charge on any atom is -0.317 e. The molecule has 3 aromatic carbocycles. The van der Waals surface area contributed by atoms with Crippen LogP contribution in [0.25, 0.3) is 0 Å². The van der Waals surface area contributed by atoms with Gasteiger partial charge in [-0.15, -0.1) is 0 Å². The minimum atomic E-state index is 0.487. The highest BCUT2D eigenvalue weighted by Crippen LogP contribution is 2.39. The summed E-state index contributed by atoms with van der Waals surface area (Å²) in [6.45, 7) is 6.40. The van der Waals surface area contributed by atoms with Crippen molar-refractivity contribution >= 4 is 11.4 Å². The molecule has 33 heavy (non-hydrogen) atoms. The maximum Gasteiger partial charge on any atom is 0.0991 e. The quantitative estimate of drug-likeness (QED) is 0.432. The van der Waals surface area contributed by atoms with Gasteiger partial charge in [-0.2, -0.15) is 5.26 Å². The van der Waals surface area contributed by atoms with E-state index in [-0.39, 0.29) is 0 Å². The summed E-state index contributed by atoms with van der Waals surface area (Å²) in [5.41, 5.74) is 8.71. The molecule has 5 rings (SSSR count). The lowest BCUT2D eigenvalue weighted by Gasteiger charge is -2.37. The van der Waals surface area contributed by atoms with E-state index in [1.165, 1.54) is 33.6 Å². The number of nitrogens with zero attached hydrogens (tertiary/aromatic N) is 3. The number of hydrogen-bond donors (Lipinski definition) is 0. The average Bonchev–Trinajstić information content (AvgIpc) is 2.87. The standard InChI is InChI=1S/C30H31N3/c1-3-24-14-15-33(30-11-6-5-10-29(24)30)28-9-7-8-23(17-28)20-32-21-25-13-12-22(19-31)16-26(25)18-27(32)4-2/h5-17,24,27H,3-4,18,20-21H2,1-2H3. The first-order valence-corrected chi connectivity index (χ1v) is 12.1. The highest BCUT2D eigenvalue weighted by molar-refractivity contribution is 5.72. The summed E-state index contributed by atoms with van der Waals surface area (Å²) in [6.07, 6.45) is 7.82. The van der Waals surface area contributed by atoms with Crippen molar-refractivity contribution in [2.45, 2.75) is 58.2 Å². The molecule has 3 nitrogen and oxygen atoms in total. The monoisotopic (exact) mass is 433 g/mol. The summed E-state index contributed by atoms with van der Waals surface area (Å²) < 4.78 is 0. The zero-order valence-corrected chi connectivity index (χ0v) is 19.5. The second-order valence-corrected chi connectivity index (χ2v) is 9.22. The van der Waals surface area contributed by atoms with E-state index >= 15 is 0 Å². The van der Waals surface area contributed by atoms with Crippen LogP contribution in [-0.2, 0) is 19.5 Å². The summed E-state index contributed by atoms with van der Waals surface area (Å²) in [5.74, 6) is 0.487. The molecule has 2 heterocycles. The molecule has 0 fully saturated rings. The molecule has 0 amide bonds. The highest BCUT2D eigenvalue weighted by Gasteiger charge is 2.26. The van der Waals surface area contributed by atoms with Crippen molar-refractivity contribution in [2.75, 3.05) is 4.90 Å². The lowest BCUT2D eigenvalue weighted by molar-refractivity contribution is 0.158. The third-order valence-corrected chi connectivity index (χ3v) is 7.23.